The van der Waals surface area contributed by atoms with Gasteiger partial charge in [-0.1, -0.05) is 0 Å². The van der Waals surface area contributed by atoms with Crippen molar-refractivity contribution < 1.29 is 46.4 Å². The van der Waals surface area contributed by atoms with Gasteiger partial charge >= 0.3 is 29.8 Å². The molecule has 0 aromatic rings. The van der Waals surface area contributed by atoms with Crippen molar-refractivity contribution in [3.05, 3.63) is 0 Å². The van der Waals surface area contributed by atoms with E-state index in [1.165, 1.54) is 9.80 Å². The summed E-state index contributed by atoms with van der Waals surface area (Å²) in [6, 6.07) is 1.27. The van der Waals surface area contributed by atoms with Gasteiger partial charge in [-0.05, 0) is 82.1 Å². The van der Waals surface area contributed by atoms with E-state index in [-0.39, 0.29) is 0 Å². The number of hydrogen-bond donors (Lipinski definition) is 2. The zero-order valence-electron chi connectivity index (χ0n) is 26.7. The molecule has 0 spiro atoms. The first-order chi connectivity index (χ1) is 18.8. The maximum Gasteiger partial charge on any atom is 0.500 e. The second kappa shape index (κ2) is 22.3. The third-order valence-electron chi connectivity index (χ3n) is 5.65. The van der Waals surface area contributed by atoms with Crippen LogP contribution in [0, 0.1) is 0 Å². The van der Waals surface area contributed by atoms with Crippen molar-refractivity contribution in [2.24, 2.45) is 0 Å². The van der Waals surface area contributed by atoms with Gasteiger partial charge in [-0.25, -0.2) is 9.59 Å². The molecule has 240 valence electrons. The van der Waals surface area contributed by atoms with Gasteiger partial charge in [0.15, 0.2) is 0 Å². The molecule has 40 heavy (non-hydrogen) atoms. The summed E-state index contributed by atoms with van der Waals surface area (Å²) in [5.74, 6) is 0. The number of amides is 2. The Hall–Kier alpha value is -1.27. The zero-order valence-corrected chi connectivity index (χ0v) is 28.7. The molecule has 0 bridgehead atoms. The molecule has 0 heterocycles. The summed E-state index contributed by atoms with van der Waals surface area (Å²) in [7, 11) is -5.31. The zero-order chi connectivity index (χ0) is 31.2. The minimum Gasteiger partial charge on any atom is -0.465 e. The Labute approximate surface area is 244 Å². The number of hydrogen-bond acceptors (Lipinski definition) is 8. The van der Waals surface area contributed by atoms with Gasteiger partial charge in [0.25, 0.3) is 0 Å². The van der Waals surface area contributed by atoms with E-state index >= 15 is 0 Å². The van der Waals surface area contributed by atoms with E-state index in [4.69, 9.17) is 31.7 Å². The average Bonchev–Trinajstić information content (AvgIpc) is 2.85. The van der Waals surface area contributed by atoms with Crippen molar-refractivity contribution in [3.63, 3.8) is 0 Å². The molecular formula is C26H58N2O10Si2. The fraction of sp³-hybridized carbons (Fsp3) is 0.923. The molecule has 0 fully saturated rings. The van der Waals surface area contributed by atoms with Crippen LogP contribution in [-0.2, 0) is 26.6 Å². The fourth-order valence-electron chi connectivity index (χ4n) is 4.05. The fourth-order valence-corrected chi connectivity index (χ4v) is 9.24. The normalized spacial score (nSPS) is 12.1. The summed E-state index contributed by atoms with van der Waals surface area (Å²) in [5.41, 5.74) is -0.418. The van der Waals surface area contributed by atoms with Crippen molar-refractivity contribution in [1.29, 1.82) is 0 Å². The maximum atomic E-state index is 11.3. The Morgan fingerprint density at radius 3 is 1.15 bits per heavy atom. The lowest BCUT2D eigenvalue weighted by Crippen LogP contribution is -2.48. The molecule has 0 aromatic heterocycles. The average molecular weight is 615 g/mol. The van der Waals surface area contributed by atoms with Gasteiger partial charge in [-0.2, -0.15) is 0 Å². The van der Waals surface area contributed by atoms with E-state index in [1.807, 2.05) is 69.2 Å². The Morgan fingerprint density at radius 1 is 0.600 bits per heavy atom. The molecule has 2 amide bonds. The van der Waals surface area contributed by atoms with Crippen LogP contribution >= 0.6 is 0 Å². The van der Waals surface area contributed by atoms with E-state index in [1.54, 1.807) is 0 Å². The number of carbonyl (C=O) groups is 2. The summed E-state index contributed by atoms with van der Waals surface area (Å²) < 4.78 is 34.4. The smallest absolute Gasteiger partial charge is 0.465 e. The Morgan fingerprint density at radius 2 is 0.925 bits per heavy atom. The predicted molar refractivity (Wildman–Crippen MR) is 160 cm³/mol. The van der Waals surface area contributed by atoms with Crippen molar-refractivity contribution in [2.45, 2.75) is 99.7 Å². The maximum absolute atomic E-state index is 11.3. The minimum absolute atomic E-state index is 0.418. The van der Waals surface area contributed by atoms with Gasteiger partial charge in [0.05, 0.1) is 0 Å². The van der Waals surface area contributed by atoms with Crippen LogP contribution in [0.1, 0.15) is 82.1 Å². The lowest BCUT2D eigenvalue weighted by Gasteiger charge is -2.34. The summed E-state index contributed by atoms with van der Waals surface area (Å²) in [6.45, 7) is 23.6. The topological polar surface area (TPSA) is 136 Å². The highest BCUT2D eigenvalue weighted by molar-refractivity contribution is 6.61. The molecule has 0 aliphatic heterocycles. The summed E-state index contributed by atoms with van der Waals surface area (Å²) >= 11 is 0. The van der Waals surface area contributed by atoms with E-state index < -0.39 is 35.3 Å². The summed E-state index contributed by atoms with van der Waals surface area (Å²) in [6.07, 6.45) is -0.444. The van der Waals surface area contributed by atoms with Gasteiger partial charge in [0, 0.05) is 76.9 Å². The second-order valence-electron chi connectivity index (χ2n) is 9.64. The highest BCUT2D eigenvalue weighted by Crippen LogP contribution is 2.21. The molecule has 14 heteroatoms. The van der Waals surface area contributed by atoms with Crippen molar-refractivity contribution in [1.82, 2.24) is 9.80 Å². The van der Waals surface area contributed by atoms with E-state index in [2.05, 4.69) is 0 Å². The first-order valence-corrected chi connectivity index (χ1v) is 18.5. The Balaban J connectivity index is 0. The van der Waals surface area contributed by atoms with Crippen LogP contribution in [0.2, 0.25) is 12.1 Å². The van der Waals surface area contributed by atoms with E-state index in [0.717, 1.165) is 0 Å². The Bertz CT molecular complexity index is 634. The van der Waals surface area contributed by atoms with Gasteiger partial charge in [0.2, 0.25) is 0 Å². The van der Waals surface area contributed by atoms with E-state index in [9.17, 15) is 14.7 Å². The lowest BCUT2D eigenvalue weighted by atomic mass is 10.1. The molecule has 12 nitrogen and oxygen atoms in total. The van der Waals surface area contributed by atoms with Gasteiger partial charge in [-0.3, -0.25) is 0 Å². The first kappa shape index (κ1) is 40.9. The largest absolute Gasteiger partial charge is 0.500 e. The van der Waals surface area contributed by atoms with Crippen LogP contribution in [0.15, 0.2) is 0 Å². The minimum atomic E-state index is -2.68. The van der Waals surface area contributed by atoms with Gasteiger partial charge in [0.1, 0.15) is 0 Å². The quantitative estimate of drug-likeness (QED) is 0.157. The Kier molecular flexibility index (Phi) is 22.8. The van der Waals surface area contributed by atoms with Crippen LogP contribution < -0.4 is 0 Å². The molecule has 0 saturated carbocycles. The van der Waals surface area contributed by atoms with Crippen LogP contribution in [0.4, 0.5) is 9.59 Å². The van der Waals surface area contributed by atoms with Crippen LogP contribution in [0.3, 0.4) is 0 Å². The third kappa shape index (κ3) is 16.9. The first-order valence-electron chi connectivity index (χ1n) is 14.6. The van der Waals surface area contributed by atoms with Crippen molar-refractivity contribution in [3.8, 4) is 0 Å². The monoisotopic (exact) mass is 614 g/mol. The summed E-state index contributed by atoms with van der Waals surface area (Å²) in [4.78, 5) is 25.0. The molecule has 0 unspecified atom stereocenters. The standard InChI is InChI=1S/C14H31NO5Si.C12H27NO5Si/c1-7-18-21(19-8-2,20-9-3)12-10-11-15(13(16)17)14(4,5)6;1-5-13(12(14)15)10-9-11-19(16-6-2,17-7-3)18-8-4/h7-12H2,1-6H3,(H,16,17);5-11H2,1-4H3,(H,14,15). The molecule has 0 rings (SSSR count). The van der Waals surface area contributed by atoms with Crippen molar-refractivity contribution in [2.75, 3.05) is 59.3 Å². The van der Waals surface area contributed by atoms with Crippen molar-refractivity contribution >= 4 is 29.8 Å². The van der Waals surface area contributed by atoms with E-state index in [0.29, 0.717) is 84.2 Å². The molecule has 0 aliphatic carbocycles. The van der Waals surface area contributed by atoms with Crippen LogP contribution in [-0.4, -0.2) is 115 Å². The molecule has 0 aliphatic rings. The molecule has 2 N–H and O–H groups in total. The molecule has 0 atom stereocenters. The van der Waals surface area contributed by atoms with Crippen LogP contribution in [0.5, 0.6) is 0 Å². The van der Waals surface area contributed by atoms with Gasteiger partial charge < -0.3 is 46.6 Å². The highest BCUT2D eigenvalue weighted by Gasteiger charge is 2.41. The number of carboxylic acid groups (broad SMARTS) is 2. The second-order valence-corrected chi connectivity index (χ2v) is 15.1. The lowest BCUT2D eigenvalue weighted by molar-refractivity contribution is 0.0666. The van der Waals surface area contributed by atoms with Gasteiger partial charge in [-0.15, -0.1) is 0 Å². The summed E-state index contributed by atoms with van der Waals surface area (Å²) in [5, 5.41) is 18.2. The molecule has 0 aromatic carbocycles. The predicted octanol–water partition coefficient (Wildman–Crippen LogP) is 5.63. The highest BCUT2D eigenvalue weighted by atomic mass is 28.4. The third-order valence-corrected chi connectivity index (χ3v) is 12.0. The van der Waals surface area contributed by atoms with Crippen LogP contribution in [0.25, 0.3) is 0 Å². The molecule has 0 radical (unpaired) electrons. The molecule has 0 saturated heterocycles. The number of rotatable bonds is 21. The molecular weight excluding hydrogens is 556 g/mol. The SMILES string of the molecule is CCO[Si](CCCN(C(=O)O)C(C)(C)C)(OCC)OCC.CCO[Si](CCCN(CC)C(=O)O)(OCC)OCC. The number of nitrogens with zero attached hydrogens (tertiary/aromatic N) is 2.